The lowest BCUT2D eigenvalue weighted by atomic mass is 9.88. The molecule has 0 spiro atoms. The van der Waals surface area contributed by atoms with Gasteiger partial charge in [-0.05, 0) is 54.7 Å². The molecule has 24 heavy (non-hydrogen) atoms. The van der Waals surface area contributed by atoms with Crippen LogP contribution in [0.15, 0.2) is 24.3 Å². The van der Waals surface area contributed by atoms with E-state index in [-0.39, 0.29) is 5.97 Å². The molecule has 0 amide bonds. The molecule has 0 bridgehead atoms. The fourth-order valence-electron chi connectivity index (χ4n) is 4.64. The van der Waals surface area contributed by atoms with Crippen molar-refractivity contribution < 1.29 is 9.53 Å². The molecule has 1 aromatic heterocycles. The van der Waals surface area contributed by atoms with Crippen molar-refractivity contribution in [2.24, 2.45) is 0 Å². The Balaban J connectivity index is 1.87. The molecule has 2 fully saturated rings. The minimum Gasteiger partial charge on any atom is -0.464 e. The van der Waals surface area contributed by atoms with Crippen LogP contribution in [0, 0.1) is 0 Å². The molecule has 1 heterocycles. The van der Waals surface area contributed by atoms with Gasteiger partial charge in [-0.2, -0.15) is 0 Å². The molecule has 2 saturated carbocycles. The zero-order valence-corrected chi connectivity index (χ0v) is 14.4. The number of rotatable bonds is 3. The number of hydrogen-bond acceptors (Lipinski definition) is 3. The van der Waals surface area contributed by atoms with Crippen LogP contribution in [-0.4, -0.2) is 18.1 Å². The molecule has 0 unspecified atom stereocenters. The average Bonchev–Trinajstić information content (AvgIpc) is 3.33. The van der Waals surface area contributed by atoms with Gasteiger partial charge >= 0.3 is 5.97 Å². The molecule has 0 saturated heterocycles. The Morgan fingerprint density at radius 1 is 0.917 bits per heavy atom. The normalized spacial score (nSPS) is 19.2. The van der Waals surface area contributed by atoms with Gasteiger partial charge in [0.1, 0.15) is 5.69 Å². The number of pyridine rings is 1. The van der Waals surface area contributed by atoms with Crippen LogP contribution in [0.25, 0.3) is 10.9 Å². The Bertz CT molecular complexity index is 756. The quantitative estimate of drug-likeness (QED) is 0.716. The first kappa shape index (κ1) is 15.6. The smallest absolute Gasteiger partial charge is 0.356 e. The van der Waals surface area contributed by atoms with Gasteiger partial charge in [0, 0.05) is 5.39 Å². The molecule has 2 aliphatic carbocycles. The summed E-state index contributed by atoms with van der Waals surface area (Å²) in [5, 5.41) is 1.25. The molecule has 3 nitrogen and oxygen atoms in total. The lowest BCUT2D eigenvalue weighted by Crippen LogP contribution is -2.07. The van der Waals surface area contributed by atoms with Crippen molar-refractivity contribution in [1.29, 1.82) is 0 Å². The van der Waals surface area contributed by atoms with E-state index in [0.717, 1.165) is 5.52 Å². The highest BCUT2D eigenvalue weighted by Crippen LogP contribution is 2.42. The van der Waals surface area contributed by atoms with Gasteiger partial charge in [0.05, 0.1) is 12.6 Å². The fourth-order valence-corrected chi connectivity index (χ4v) is 4.64. The monoisotopic (exact) mass is 323 g/mol. The number of esters is 1. The Hall–Kier alpha value is -1.90. The second-order valence-electron chi connectivity index (χ2n) is 7.29. The molecule has 0 N–H and O–H groups in total. The summed E-state index contributed by atoms with van der Waals surface area (Å²) in [5.41, 5.74) is 4.21. The van der Waals surface area contributed by atoms with Crippen LogP contribution in [0.2, 0.25) is 0 Å². The number of carbonyl (C=O) groups is 1. The Morgan fingerprint density at radius 2 is 1.50 bits per heavy atom. The number of ether oxygens (including phenoxy) is 1. The van der Waals surface area contributed by atoms with Gasteiger partial charge in [-0.3, -0.25) is 0 Å². The Morgan fingerprint density at radius 3 is 2.12 bits per heavy atom. The predicted molar refractivity (Wildman–Crippen MR) is 95.5 cm³/mol. The standard InChI is InChI=1S/C21H25NO2/c1-24-21(23)19-13-12-18-16(14-6-2-3-7-14)10-11-17(20(18)22-19)15-8-4-5-9-15/h10-15H,2-9H2,1H3. The van der Waals surface area contributed by atoms with Crippen molar-refractivity contribution in [3.8, 4) is 0 Å². The van der Waals surface area contributed by atoms with Gasteiger partial charge in [0.25, 0.3) is 0 Å². The van der Waals surface area contributed by atoms with Gasteiger partial charge in [0.15, 0.2) is 0 Å². The maximum Gasteiger partial charge on any atom is 0.356 e. The minimum atomic E-state index is -0.347. The van der Waals surface area contributed by atoms with E-state index in [1.165, 1.54) is 75.0 Å². The summed E-state index contributed by atoms with van der Waals surface area (Å²) in [6, 6.07) is 8.55. The van der Waals surface area contributed by atoms with Gasteiger partial charge in [-0.15, -0.1) is 0 Å². The summed E-state index contributed by atoms with van der Waals surface area (Å²) in [7, 11) is 1.42. The number of methoxy groups -OCH3 is 1. The van der Waals surface area contributed by atoms with Gasteiger partial charge in [-0.25, -0.2) is 9.78 Å². The zero-order valence-electron chi connectivity index (χ0n) is 14.4. The van der Waals surface area contributed by atoms with Crippen molar-refractivity contribution in [3.63, 3.8) is 0 Å². The van der Waals surface area contributed by atoms with Crippen molar-refractivity contribution in [3.05, 3.63) is 41.1 Å². The van der Waals surface area contributed by atoms with Gasteiger partial charge < -0.3 is 4.74 Å². The van der Waals surface area contributed by atoms with Crippen LogP contribution in [-0.2, 0) is 4.74 Å². The highest BCUT2D eigenvalue weighted by atomic mass is 16.5. The predicted octanol–water partition coefficient (Wildman–Crippen LogP) is 5.34. The highest BCUT2D eigenvalue weighted by Gasteiger charge is 2.25. The van der Waals surface area contributed by atoms with E-state index in [0.29, 0.717) is 17.5 Å². The third-order valence-corrected chi connectivity index (χ3v) is 5.91. The third kappa shape index (κ3) is 2.70. The largest absolute Gasteiger partial charge is 0.464 e. The van der Waals surface area contributed by atoms with Crippen molar-refractivity contribution >= 4 is 16.9 Å². The molecule has 126 valence electrons. The fraction of sp³-hybridized carbons (Fsp3) is 0.524. The molecule has 2 aliphatic rings. The molecule has 2 aromatic rings. The molecular formula is C21H25NO2. The molecule has 0 aliphatic heterocycles. The van der Waals surface area contributed by atoms with E-state index in [1.54, 1.807) is 0 Å². The van der Waals surface area contributed by atoms with Gasteiger partial charge in [-0.1, -0.05) is 43.9 Å². The first-order valence-corrected chi connectivity index (χ1v) is 9.30. The number of fused-ring (bicyclic) bond motifs is 1. The summed E-state index contributed by atoms with van der Waals surface area (Å²) in [6.45, 7) is 0. The van der Waals surface area contributed by atoms with Crippen LogP contribution < -0.4 is 0 Å². The maximum absolute atomic E-state index is 11.9. The lowest BCUT2D eigenvalue weighted by molar-refractivity contribution is 0.0594. The summed E-state index contributed by atoms with van der Waals surface area (Å²) in [5.74, 6) is 0.891. The average molecular weight is 323 g/mol. The number of benzene rings is 1. The Kier molecular flexibility index (Phi) is 4.26. The van der Waals surface area contributed by atoms with Crippen molar-refractivity contribution in [2.75, 3.05) is 7.11 Å². The van der Waals surface area contributed by atoms with Crippen molar-refractivity contribution in [1.82, 2.24) is 4.98 Å². The minimum absolute atomic E-state index is 0.347. The summed E-state index contributed by atoms with van der Waals surface area (Å²) < 4.78 is 4.88. The lowest BCUT2D eigenvalue weighted by Gasteiger charge is -2.18. The second-order valence-corrected chi connectivity index (χ2v) is 7.29. The first-order valence-electron chi connectivity index (χ1n) is 9.30. The second kappa shape index (κ2) is 6.54. The molecular weight excluding hydrogens is 298 g/mol. The molecule has 0 atom stereocenters. The van der Waals surface area contributed by atoms with E-state index >= 15 is 0 Å². The van der Waals surface area contributed by atoms with E-state index in [9.17, 15) is 4.79 Å². The molecule has 3 heteroatoms. The van der Waals surface area contributed by atoms with E-state index < -0.39 is 0 Å². The number of carbonyl (C=O) groups excluding carboxylic acids is 1. The topological polar surface area (TPSA) is 39.2 Å². The Labute approximate surface area is 143 Å². The number of hydrogen-bond donors (Lipinski definition) is 0. The molecule has 0 radical (unpaired) electrons. The number of aromatic nitrogens is 1. The van der Waals surface area contributed by atoms with Crippen molar-refractivity contribution in [2.45, 2.75) is 63.2 Å². The van der Waals surface area contributed by atoms with E-state index in [1.807, 2.05) is 6.07 Å². The van der Waals surface area contributed by atoms with Gasteiger partial charge in [0.2, 0.25) is 0 Å². The highest BCUT2D eigenvalue weighted by molar-refractivity contribution is 5.93. The SMILES string of the molecule is COC(=O)c1ccc2c(C3CCCC3)ccc(C3CCCC3)c2n1. The van der Waals surface area contributed by atoms with Crippen LogP contribution in [0.4, 0.5) is 0 Å². The summed E-state index contributed by atoms with van der Waals surface area (Å²) >= 11 is 0. The number of nitrogens with zero attached hydrogens (tertiary/aromatic N) is 1. The van der Waals surface area contributed by atoms with Crippen LogP contribution in [0.5, 0.6) is 0 Å². The molecule has 4 rings (SSSR count). The molecule has 1 aromatic carbocycles. The van der Waals surface area contributed by atoms with Crippen LogP contribution >= 0.6 is 0 Å². The van der Waals surface area contributed by atoms with E-state index in [2.05, 4.69) is 18.2 Å². The van der Waals surface area contributed by atoms with Crippen LogP contribution in [0.3, 0.4) is 0 Å². The van der Waals surface area contributed by atoms with Crippen LogP contribution in [0.1, 0.15) is 84.8 Å². The van der Waals surface area contributed by atoms with E-state index in [4.69, 9.17) is 9.72 Å². The first-order chi connectivity index (χ1) is 11.8. The third-order valence-electron chi connectivity index (χ3n) is 5.91. The zero-order chi connectivity index (χ0) is 16.5. The summed E-state index contributed by atoms with van der Waals surface area (Å²) in [6.07, 6.45) is 10.3. The maximum atomic E-state index is 11.9. The summed E-state index contributed by atoms with van der Waals surface area (Å²) in [4.78, 5) is 16.7.